The van der Waals surface area contributed by atoms with Crippen LogP contribution in [-0.2, 0) is 0 Å². The van der Waals surface area contributed by atoms with E-state index in [2.05, 4.69) is 10.3 Å². The summed E-state index contributed by atoms with van der Waals surface area (Å²) in [6.45, 7) is 7.10. The molecule has 0 aliphatic carbocycles. The molecule has 0 spiro atoms. The van der Waals surface area contributed by atoms with E-state index < -0.39 is 5.91 Å². The van der Waals surface area contributed by atoms with E-state index in [0.29, 0.717) is 22.5 Å². The van der Waals surface area contributed by atoms with Gasteiger partial charge in [0.15, 0.2) is 0 Å². The summed E-state index contributed by atoms with van der Waals surface area (Å²) in [6.07, 6.45) is 1.71. The van der Waals surface area contributed by atoms with Crippen molar-refractivity contribution in [1.82, 2.24) is 9.55 Å². The average molecular weight is 377 g/mol. The summed E-state index contributed by atoms with van der Waals surface area (Å²) < 4.78 is 1.56. The van der Waals surface area contributed by atoms with Crippen LogP contribution in [0.3, 0.4) is 0 Å². The topological polar surface area (TPSA) is 84.0 Å². The molecule has 1 amide bonds. The van der Waals surface area contributed by atoms with Crippen LogP contribution in [-0.4, -0.2) is 15.5 Å². The van der Waals surface area contributed by atoms with Crippen molar-refractivity contribution >= 4 is 11.6 Å². The van der Waals surface area contributed by atoms with E-state index in [1.54, 1.807) is 37.6 Å². The third-order valence-electron chi connectivity index (χ3n) is 4.92. The van der Waals surface area contributed by atoms with E-state index in [0.717, 1.165) is 5.56 Å². The minimum Gasteiger partial charge on any atom is -0.324 e. The van der Waals surface area contributed by atoms with E-state index in [-0.39, 0.29) is 22.7 Å². The lowest BCUT2D eigenvalue weighted by Gasteiger charge is -2.18. The van der Waals surface area contributed by atoms with Gasteiger partial charge >= 0.3 is 0 Å². The molecule has 2 heterocycles. The number of amides is 1. The lowest BCUT2D eigenvalue weighted by atomic mass is 10.1. The summed E-state index contributed by atoms with van der Waals surface area (Å²) in [5, 5.41) is 2.79. The number of H-pyrrole nitrogens is 1. The largest absolute Gasteiger partial charge is 0.324 e. The smallest absolute Gasteiger partial charge is 0.264 e. The molecule has 3 rings (SSSR count). The molecule has 0 bridgehead atoms. The van der Waals surface area contributed by atoms with Crippen molar-refractivity contribution in [2.75, 3.05) is 5.32 Å². The van der Waals surface area contributed by atoms with Crippen molar-refractivity contribution in [2.24, 2.45) is 0 Å². The number of carbonyl (C=O) groups is 1. The third kappa shape index (κ3) is 3.67. The summed E-state index contributed by atoms with van der Waals surface area (Å²) >= 11 is 0. The highest BCUT2D eigenvalue weighted by molar-refractivity contribution is 6.05. The first-order chi connectivity index (χ1) is 13.3. The SMILES string of the molecule is Cc1cc(=O)[nH]c(C)c1NC(=O)c1c(C)ccn(C(C)c2ccccc2)c1=O. The molecule has 0 radical (unpaired) electrons. The molecular weight excluding hydrogens is 354 g/mol. The zero-order chi connectivity index (χ0) is 20.4. The number of aromatic amines is 1. The van der Waals surface area contributed by atoms with Gasteiger partial charge in [-0.15, -0.1) is 0 Å². The maximum atomic E-state index is 13.1. The molecule has 0 aliphatic heterocycles. The number of nitrogens with zero attached hydrogens (tertiary/aromatic N) is 1. The van der Waals surface area contributed by atoms with E-state index in [1.165, 1.54) is 6.07 Å². The Kier molecular flexibility index (Phi) is 5.31. The molecule has 3 aromatic rings. The van der Waals surface area contributed by atoms with E-state index in [4.69, 9.17) is 0 Å². The van der Waals surface area contributed by atoms with Gasteiger partial charge < -0.3 is 14.9 Å². The van der Waals surface area contributed by atoms with Crippen LogP contribution in [0.2, 0.25) is 0 Å². The van der Waals surface area contributed by atoms with Gasteiger partial charge in [0, 0.05) is 18.0 Å². The predicted octanol–water partition coefficient (Wildman–Crippen LogP) is 3.32. The molecule has 144 valence electrons. The molecule has 0 saturated heterocycles. The van der Waals surface area contributed by atoms with Gasteiger partial charge in [-0.3, -0.25) is 14.4 Å². The van der Waals surface area contributed by atoms with Crippen LogP contribution >= 0.6 is 0 Å². The first-order valence-corrected chi connectivity index (χ1v) is 9.08. The lowest BCUT2D eigenvalue weighted by molar-refractivity contribution is 0.102. The van der Waals surface area contributed by atoms with Crippen molar-refractivity contribution in [3.63, 3.8) is 0 Å². The molecule has 1 unspecified atom stereocenters. The molecule has 0 fully saturated rings. The second-order valence-electron chi connectivity index (χ2n) is 6.94. The minimum absolute atomic E-state index is 0.0929. The van der Waals surface area contributed by atoms with Gasteiger partial charge in [-0.2, -0.15) is 0 Å². The van der Waals surface area contributed by atoms with Crippen LogP contribution in [0, 0.1) is 20.8 Å². The van der Waals surface area contributed by atoms with Gasteiger partial charge in [0.05, 0.1) is 11.7 Å². The van der Waals surface area contributed by atoms with Gasteiger partial charge in [-0.1, -0.05) is 30.3 Å². The minimum atomic E-state index is -0.490. The van der Waals surface area contributed by atoms with Crippen LogP contribution in [0.25, 0.3) is 0 Å². The van der Waals surface area contributed by atoms with Crippen molar-refractivity contribution in [1.29, 1.82) is 0 Å². The zero-order valence-corrected chi connectivity index (χ0v) is 16.4. The Hall–Kier alpha value is -3.41. The van der Waals surface area contributed by atoms with Gasteiger partial charge in [0.1, 0.15) is 5.56 Å². The fourth-order valence-corrected chi connectivity index (χ4v) is 3.33. The molecule has 2 N–H and O–H groups in total. The highest BCUT2D eigenvalue weighted by atomic mass is 16.2. The number of carbonyl (C=O) groups excluding carboxylic acids is 1. The van der Waals surface area contributed by atoms with Crippen molar-refractivity contribution in [3.05, 3.63) is 97.3 Å². The molecule has 1 atom stereocenters. The zero-order valence-electron chi connectivity index (χ0n) is 16.4. The maximum absolute atomic E-state index is 13.1. The normalized spacial score (nSPS) is 11.9. The summed E-state index contributed by atoms with van der Waals surface area (Å²) in [5.41, 5.74) is 2.78. The lowest BCUT2D eigenvalue weighted by Crippen LogP contribution is -2.32. The number of benzene rings is 1. The molecular formula is C22H23N3O3. The Morgan fingerprint density at radius 2 is 1.71 bits per heavy atom. The van der Waals surface area contributed by atoms with Gasteiger partial charge in [0.25, 0.3) is 11.5 Å². The molecule has 6 nitrogen and oxygen atoms in total. The molecule has 6 heteroatoms. The van der Waals surface area contributed by atoms with Crippen molar-refractivity contribution in [2.45, 2.75) is 33.7 Å². The number of aromatic nitrogens is 2. The number of anilines is 1. The third-order valence-corrected chi connectivity index (χ3v) is 4.92. The summed E-state index contributed by atoms with van der Waals surface area (Å²) in [7, 11) is 0. The quantitative estimate of drug-likeness (QED) is 0.731. The van der Waals surface area contributed by atoms with Gasteiger partial charge in [-0.25, -0.2) is 0 Å². The van der Waals surface area contributed by atoms with Crippen LogP contribution in [0.1, 0.15) is 45.7 Å². The fraction of sp³-hybridized carbons (Fsp3) is 0.227. The molecule has 2 aromatic heterocycles. The standard InChI is InChI=1S/C22H23N3O3/c1-13-10-11-25(16(4)17-8-6-5-7-9-17)22(28)19(13)21(27)24-20-14(2)12-18(26)23-15(20)3/h5-12,16H,1-4H3,(H,23,26)(H,24,27). The molecule has 0 saturated carbocycles. The summed E-state index contributed by atoms with van der Waals surface area (Å²) in [6, 6.07) is 12.6. The van der Waals surface area contributed by atoms with Crippen LogP contribution in [0.5, 0.6) is 0 Å². The molecule has 1 aromatic carbocycles. The van der Waals surface area contributed by atoms with E-state index in [1.807, 2.05) is 37.3 Å². The summed E-state index contributed by atoms with van der Waals surface area (Å²) in [5.74, 6) is -0.490. The molecule has 28 heavy (non-hydrogen) atoms. The number of pyridine rings is 2. The number of hydrogen-bond donors (Lipinski definition) is 2. The van der Waals surface area contributed by atoms with E-state index >= 15 is 0 Å². The Balaban J connectivity index is 2.02. The number of rotatable bonds is 4. The summed E-state index contributed by atoms with van der Waals surface area (Å²) in [4.78, 5) is 40.3. The van der Waals surface area contributed by atoms with Crippen LogP contribution < -0.4 is 16.4 Å². The predicted molar refractivity (Wildman–Crippen MR) is 110 cm³/mol. The average Bonchev–Trinajstić information content (AvgIpc) is 2.65. The number of aryl methyl sites for hydroxylation is 3. The maximum Gasteiger partial charge on any atom is 0.264 e. The second kappa shape index (κ2) is 7.68. The first kappa shape index (κ1) is 19.4. The second-order valence-corrected chi connectivity index (χ2v) is 6.94. The Labute approximate surface area is 162 Å². The number of hydrogen-bond acceptors (Lipinski definition) is 3. The van der Waals surface area contributed by atoms with Crippen molar-refractivity contribution in [3.8, 4) is 0 Å². The van der Waals surface area contributed by atoms with Gasteiger partial charge in [0.2, 0.25) is 5.56 Å². The van der Waals surface area contributed by atoms with Crippen LogP contribution in [0.15, 0.2) is 58.3 Å². The van der Waals surface area contributed by atoms with Crippen molar-refractivity contribution < 1.29 is 4.79 Å². The monoisotopic (exact) mass is 377 g/mol. The van der Waals surface area contributed by atoms with Crippen LogP contribution in [0.4, 0.5) is 5.69 Å². The molecule has 0 aliphatic rings. The Morgan fingerprint density at radius 1 is 1.04 bits per heavy atom. The highest BCUT2D eigenvalue weighted by Gasteiger charge is 2.20. The van der Waals surface area contributed by atoms with Gasteiger partial charge in [-0.05, 0) is 50.5 Å². The fourth-order valence-electron chi connectivity index (χ4n) is 3.33. The number of nitrogens with one attached hydrogen (secondary N) is 2. The van der Waals surface area contributed by atoms with E-state index in [9.17, 15) is 14.4 Å². The Bertz CT molecular complexity index is 1120. The Morgan fingerprint density at radius 3 is 2.36 bits per heavy atom. The highest BCUT2D eigenvalue weighted by Crippen LogP contribution is 2.19. The first-order valence-electron chi connectivity index (χ1n) is 9.08.